The number of aromatic nitrogens is 4. The minimum atomic E-state index is -0.0473. The van der Waals surface area contributed by atoms with E-state index in [9.17, 15) is 4.79 Å². The van der Waals surface area contributed by atoms with Crippen molar-refractivity contribution in [3.63, 3.8) is 0 Å². The molecule has 0 radical (unpaired) electrons. The molecule has 0 unspecified atom stereocenters. The molecule has 3 aromatic heterocycles. The monoisotopic (exact) mass is 443 g/mol. The van der Waals surface area contributed by atoms with E-state index in [0.29, 0.717) is 34.9 Å². The molecular formula is C24H18ClN5O2. The summed E-state index contributed by atoms with van der Waals surface area (Å²) in [6.45, 7) is 0. The highest BCUT2D eigenvalue weighted by atomic mass is 35.5. The third kappa shape index (κ3) is 4.24. The third-order valence-corrected chi connectivity index (χ3v) is 5.28. The normalized spacial score (nSPS) is 11.0. The van der Waals surface area contributed by atoms with Crippen LogP contribution in [0.15, 0.2) is 77.6 Å². The fourth-order valence-electron chi connectivity index (χ4n) is 3.43. The van der Waals surface area contributed by atoms with Gasteiger partial charge in [0.1, 0.15) is 5.52 Å². The van der Waals surface area contributed by atoms with Crippen LogP contribution in [0.4, 0.5) is 5.69 Å². The molecule has 0 atom stereocenters. The molecule has 0 bridgehead atoms. The van der Waals surface area contributed by atoms with Crippen molar-refractivity contribution >= 4 is 34.3 Å². The first kappa shape index (κ1) is 20.0. The Hall–Kier alpha value is -3.97. The number of aromatic amines is 1. The lowest BCUT2D eigenvalue weighted by molar-refractivity contribution is -0.116. The van der Waals surface area contributed by atoms with Gasteiger partial charge in [-0.3, -0.25) is 14.9 Å². The van der Waals surface area contributed by atoms with E-state index in [4.69, 9.17) is 16.0 Å². The summed E-state index contributed by atoms with van der Waals surface area (Å²) < 4.78 is 5.88. The summed E-state index contributed by atoms with van der Waals surface area (Å²) in [5.74, 6) is 0.410. The van der Waals surface area contributed by atoms with Crippen molar-refractivity contribution in [2.24, 2.45) is 0 Å². The van der Waals surface area contributed by atoms with Crippen LogP contribution in [0.1, 0.15) is 12.0 Å². The van der Waals surface area contributed by atoms with Gasteiger partial charge in [-0.2, -0.15) is 5.10 Å². The quantitative estimate of drug-likeness (QED) is 0.361. The van der Waals surface area contributed by atoms with E-state index in [0.717, 1.165) is 28.1 Å². The number of amides is 1. The Morgan fingerprint density at radius 2 is 1.97 bits per heavy atom. The zero-order valence-corrected chi connectivity index (χ0v) is 17.6. The number of nitrogens with zero attached hydrogens (tertiary/aromatic N) is 3. The number of rotatable bonds is 6. The molecule has 7 nitrogen and oxygen atoms in total. The van der Waals surface area contributed by atoms with E-state index in [1.807, 2.05) is 36.4 Å². The lowest BCUT2D eigenvalue weighted by atomic mass is 10.1. The van der Waals surface area contributed by atoms with E-state index >= 15 is 0 Å². The number of fused-ring (bicyclic) bond motifs is 1. The minimum absolute atomic E-state index is 0.0473. The van der Waals surface area contributed by atoms with Gasteiger partial charge >= 0.3 is 0 Å². The number of aryl methyl sites for hydroxylation is 1. The number of oxazole rings is 1. The Kier molecular flexibility index (Phi) is 5.39. The van der Waals surface area contributed by atoms with Crippen LogP contribution >= 0.6 is 11.6 Å². The third-order valence-electron chi connectivity index (χ3n) is 5.04. The zero-order valence-electron chi connectivity index (χ0n) is 16.9. The summed E-state index contributed by atoms with van der Waals surface area (Å²) in [5, 5.41) is 10.7. The number of nitrogens with one attached hydrogen (secondary N) is 2. The first-order chi connectivity index (χ1) is 15.7. The first-order valence-electron chi connectivity index (χ1n) is 10.0. The smallest absolute Gasteiger partial charge is 0.231 e. The van der Waals surface area contributed by atoms with Crippen LogP contribution in [0.25, 0.3) is 33.8 Å². The summed E-state index contributed by atoms with van der Waals surface area (Å²) in [4.78, 5) is 20.9. The van der Waals surface area contributed by atoms with Gasteiger partial charge in [-0.15, -0.1) is 0 Å². The van der Waals surface area contributed by atoms with Crippen LogP contribution in [-0.4, -0.2) is 26.1 Å². The van der Waals surface area contributed by atoms with Crippen LogP contribution in [0.5, 0.6) is 0 Å². The van der Waals surface area contributed by atoms with Gasteiger partial charge in [0.2, 0.25) is 11.8 Å². The largest absolute Gasteiger partial charge is 0.436 e. The molecule has 0 aliphatic heterocycles. The average Bonchev–Trinajstić information content (AvgIpc) is 3.45. The number of carbonyl (C=O) groups is 1. The van der Waals surface area contributed by atoms with Crippen molar-refractivity contribution in [2.75, 3.05) is 5.32 Å². The molecule has 0 fully saturated rings. The molecule has 5 rings (SSSR count). The summed E-state index contributed by atoms with van der Waals surface area (Å²) in [7, 11) is 0. The van der Waals surface area contributed by atoms with Gasteiger partial charge in [0.25, 0.3) is 0 Å². The van der Waals surface area contributed by atoms with Crippen molar-refractivity contribution < 1.29 is 9.21 Å². The molecule has 158 valence electrons. The maximum atomic E-state index is 12.3. The van der Waals surface area contributed by atoms with Gasteiger partial charge in [-0.05, 0) is 48.4 Å². The number of benzene rings is 2. The Balaban J connectivity index is 1.30. The second kappa shape index (κ2) is 8.64. The molecule has 0 spiro atoms. The molecule has 8 heteroatoms. The van der Waals surface area contributed by atoms with Crippen LogP contribution < -0.4 is 5.32 Å². The number of H-pyrrole nitrogens is 1. The van der Waals surface area contributed by atoms with Crippen LogP contribution in [0.3, 0.4) is 0 Å². The van der Waals surface area contributed by atoms with Gasteiger partial charge in [0.15, 0.2) is 5.58 Å². The minimum Gasteiger partial charge on any atom is -0.436 e. The molecule has 0 aliphatic rings. The van der Waals surface area contributed by atoms with Crippen LogP contribution in [-0.2, 0) is 11.2 Å². The van der Waals surface area contributed by atoms with Crippen molar-refractivity contribution in [1.29, 1.82) is 0 Å². The molecule has 0 saturated heterocycles. The van der Waals surface area contributed by atoms with E-state index in [2.05, 4.69) is 25.5 Å². The fraction of sp³-hybridized carbons (Fsp3) is 0.0833. The highest BCUT2D eigenvalue weighted by molar-refractivity contribution is 6.31. The maximum absolute atomic E-state index is 12.3. The summed E-state index contributed by atoms with van der Waals surface area (Å²) in [6.07, 6.45) is 6.20. The molecule has 2 N–H and O–H groups in total. The molecule has 3 heterocycles. The average molecular weight is 444 g/mol. The number of halogens is 1. The van der Waals surface area contributed by atoms with E-state index in [1.165, 1.54) is 0 Å². The van der Waals surface area contributed by atoms with Gasteiger partial charge in [-0.1, -0.05) is 29.8 Å². The van der Waals surface area contributed by atoms with Gasteiger partial charge in [0.05, 0.1) is 17.5 Å². The number of pyridine rings is 1. The Labute approximate surface area is 188 Å². The SMILES string of the molecule is O=C(CCc1cccnc1)Nc1ccc(-c2[nH]ncc2-c2nc3cc(Cl)ccc3o2)cc1. The molecule has 0 aliphatic carbocycles. The standard InChI is InChI=1S/C24H18ClN5O2/c25-17-6-9-21-20(12-17)29-24(32-21)19-14-27-30-23(19)16-4-7-18(8-5-16)28-22(31)10-3-15-2-1-11-26-13-15/h1-2,4-9,11-14H,3,10H2,(H,27,30)(H,28,31). The molecule has 32 heavy (non-hydrogen) atoms. The Morgan fingerprint density at radius 3 is 2.78 bits per heavy atom. The van der Waals surface area contributed by atoms with E-state index < -0.39 is 0 Å². The molecule has 2 aromatic carbocycles. The van der Waals surface area contributed by atoms with Gasteiger partial charge in [-0.25, -0.2) is 4.98 Å². The zero-order chi connectivity index (χ0) is 21.9. The number of hydrogen-bond donors (Lipinski definition) is 2. The first-order valence-corrected chi connectivity index (χ1v) is 10.4. The lowest BCUT2D eigenvalue weighted by Gasteiger charge is -2.07. The molecule has 5 aromatic rings. The van der Waals surface area contributed by atoms with Crippen molar-refractivity contribution in [1.82, 2.24) is 20.2 Å². The van der Waals surface area contributed by atoms with Crippen molar-refractivity contribution in [3.8, 4) is 22.7 Å². The molecule has 0 saturated carbocycles. The Morgan fingerprint density at radius 1 is 1.09 bits per heavy atom. The predicted molar refractivity (Wildman–Crippen MR) is 123 cm³/mol. The summed E-state index contributed by atoms with van der Waals surface area (Å²) in [6, 6.07) is 16.7. The van der Waals surface area contributed by atoms with E-state index in [1.54, 1.807) is 36.8 Å². The highest BCUT2D eigenvalue weighted by Crippen LogP contribution is 2.32. The number of carbonyl (C=O) groups excluding carboxylic acids is 1. The summed E-state index contributed by atoms with van der Waals surface area (Å²) in [5.41, 5.74) is 5.51. The fourth-order valence-corrected chi connectivity index (χ4v) is 3.60. The maximum Gasteiger partial charge on any atom is 0.231 e. The lowest BCUT2D eigenvalue weighted by Crippen LogP contribution is -2.12. The Bertz CT molecular complexity index is 1380. The van der Waals surface area contributed by atoms with Gasteiger partial charge in [0, 0.05) is 35.1 Å². The number of anilines is 1. The van der Waals surface area contributed by atoms with Crippen molar-refractivity contribution in [3.05, 3.63) is 83.8 Å². The van der Waals surface area contributed by atoms with Gasteiger partial charge < -0.3 is 9.73 Å². The van der Waals surface area contributed by atoms with Crippen molar-refractivity contribution in [2.45, 2.75) is 12.8 Å². The second-order valence-corrected chi connectivity index (χ2v) is 7.71. The molecular weight excluding hydrogens is 426 g/mol. The summed E-state index contributed by atoms with van der Waals surface area (Å²) >= 11 is 6.05. The number of hydrogen-bond acceptors (Lipinski definition) is 5. The van der Waals surface area contributed by atoms with Crippen LogP contribution in [0, 0.1) is 0 Å². The predicted octanol–water partition coefficient (Wildman–Crippen LogP) is 5.50. The van der Waals surface area contributed by atoms with Crippen LogP contribution in [0.2, 0.25) is 5.02 Å². The van der Waals surface area contributed by atoms with E-state index in [-0.39, 0.29) is 5.91 Å². The topological polar surface area (TPSA) is 96.7 Å². The molecule has 1 amide bonds. The second-order valence-electron chi connectivity index (χ2n) is 7.28. The highest BCUT2D eigenvalue weighted by Gasteiger charge is 2.16.